The van der Waals surface area contributed by atoms with Crippen LogP contribution < -0.4 is 4.74 Å². The van der Waals surface area contributed by atoms with Crippen molar-refractivity contribution >= 4 is 56.8 Å². The smallest absolute Gasteiger partial charge is 0.152 e. The Balaban J connectivity index is 1.42. The van der Waals surface area contributed by atoms with E-state index >= 15 is 0 Å². The fraction of sp³-hybridized carbons (Fsp3) is 0.0714. The SMILES string of the molecule is COc1ccc(O)c(C=Nc2ccc3nc(S[C@H](c4ccccc4)c4ccc(Cl)cc4)sc3c2)c1. The average molecular weight is 517 g/mol. The molecule has 0 unspecified atom stereocenters. The molecular formula is C28H21ClN2O2S2. The molecule has 5 aromatic rings. The number of aromatic nitrogens is 1. The van der Waals surface area contributed by atoms with Crippen LogP contribution in [0.4, 0.5) is 5.69 Å². The summed E-state index contributed by atoms with van der Waals surface area (Å²) in [6, 6.07) is 29.4. The Kier molecular flexibility index (Phi) is 7.04. The van der Waals surface area contributed by atoms with Crippen molar-refractivity contribution in [3.63, 3.8) is 0 Å². The third kappa shape index (κ3) is 5.51. The summed E-state index contributed by atoms with van der Waals surface area (Å²) in [6.07, 6.45) is 1.64. The molecule has 174 valence electrons. The second-order valence-corrected chi connectivity index (χ2v) is 10.6. The number of aromatic hydroxyl groups is 1. The van der Waals surface area contributed by atoms with E-state index in [4.69, 9.17) is 21.3 Å². The predicted octanol–water partition coefficient (Wildman–Crippen LogP) is 8.30. The zero-order valence-corrected chi connectivity index (χ0v) is 21.1. The molecule has 1 N–H and O–H groups in total. The van der Waals surface area contributed by atoms with E-state index in [9.17, 15) is 5.11 Å². The maximum atomic E-state index is 10.1. The number of halogens is 1. The average Bonchev–Trinajstić information content (AvgIpc) is 3.30. The molecule has 35 heavy (non-hydrogen) atoms. The van der Waals surface area contributed by atoms with Gasteiger partial charge in [0.25, 0.3) is 0 Å². The van der Waals surface area contributed by atoms with Gasteiger partial charge in [0.05, 0.1) is 28.3 Å². The lowest BCUT2D eigenvalue weighted by molar-refractivity contribution is 0.412. The molecule has 0 saturated carbocycles. The number of thioether (sulfide) groups is 1. The highest BCUT2D eigenvalue weighted by Crippen LogP contribution is 2.43. The molecule has 0 spiro atoms. The lowest BCUT2D eigenvalue weighted by Gasteiger charge is -2.16. The van der Waals surface area contributed by atoms with Gasteiger partial charge in [-0.15, -0.1) is 11.3 Å². The number of methoxy groups -OCH3 is 1. The second kappa shape index (κ2) is 10.5. The van der Waals surface area contributed by atoms with E-state index in [0.717, 1.165) is 25.3 Å². The zero-order chi connectivity index (χ0) is 24.2. The molecule has 0 aliphatic rings. The Morgan fingerprint density at radius 2 is 1.74 bits per heavy atom. The van der Waals surface area contributed by atoms with Gasteiger partial charge in [-0.1, -0.05) is 65.8 Å². The van der Waals surface area contributed by atoms with Crippen molar-refractivity contribution in [1.82, 2.24) is 4.98 Å². The standard InChI is InChI=1S/C28H21ClN2O2S2/c1-33-23-12-14-25(32)20(15-23)17-30-22-11-13-24-26(16-22)34-28(31-24)35-27(18-5-3-2-4-6-18)19-7-9-21(29)10-8-19/h2-17,27,32H,1H3/t27-/m1/s1. The van der Waals surface area contributed by atoms with Gasteiger partial charge in [0, 0.05) is 16.8 Å². The summed E-state index contributed by atoms with van der Waals surface area (Å²) in [6.45, 7) is 0. The number of aliphatic imine (C=N–C) groups is 1. The lowest BCUT2D eigenvalue weighted by atomic mass is 10.0. The van der Waals surface area contributed by atoms with E-state index in [1.165, 1.54) is 11.1 Å². The highest BCUT2D eigenvalue weighted by Gasteiger charge is 2.18. The minimum absolute atomic E-state index is 0.0996. The summed E-state index contributed by atoms with van der Waals surface area (Å²) in [5.74, 6) is 0.818. The highest BCUT2D eigenvalue weighted by molar-refractivity contribution is 8.01. The first-order chi connectivity index (χ1) is 17.1. The Morgan fingerprint density at radius 1 is 0.971 bits per heavy atom. The topological polar surface area (TPSA) is 54.7 Å². The monoisotopic (exact) mass is 516 g/mol. The second-order valence-electron chi connectivity index (χ2n) is 7.77. The number of nitrogens with zero attached hydrogens (tertiary/aromatic N) is 2. The number of ether oxygens (including phenoxy) is 1. The van der Waals surface area contributed by atoms with E-state index in [2.05, 4.69) is 41.4 Å². The molecular weight excluding hydrogens is 496 g/mol. The van der Waals surface area contributed by atoms with Gasteiger partial charge >= 0.3 is 0 Å². The summed E-state index contributed by atoms with van der Waals surface area (Å²) in [5.41, 5.74) is 4.70. The van der Waals surface area contributed by atoms with Gasteiger partial charge in [0.1, 0.15) is 11.5 Å². The fourth-order valence-corrected chi connectivity index (χ4v) is 6.17. The van der Waals surface area contributed by atoms with Crippen LogP contribution in [-0.2, 0) is 0 Å². The van der Waals surface area contributed by atoms with Gasteiger partial charge in [0.2, 0.25) is 0 Å². The largest absolute Gasteiger partial charge is 0.507 e. The van der Waals surface area contributed by atoms with Crippen LogP contribution in [0.2, 0.25) is 5.02 Å². The lowest BCUT2D eigenvalue weighted by Crippen LogP contribution is -1.96. The molecule has 0 fully saturated rings. The number of phenols is 1. The van der Waals surface area contributed by atoms with Crippen LogP contribution in [0.3, 0.4) is 0 Å². The minimum atomic E-state index is 0.0996. The third-order valence-corrected chi connectivity index (χ3v) is 8.11. The summed E-state index contributed by atoms with van der Waals surface area (Å²) >= 11 is 9.50. The zero-order valence-electron chi connectivity index (χ0n) is 18.8. The number of thiazole rings is 1. The number of rotatable bonds is 7. The summed E-state index contributed by atoms with van der Waals surface area (Å²) in [4.78, 5) is 9.42. The molecule has 0 aliphatic heterocycles. The first-order valence-electron chi connectivity index (χ1n) is 10.9. The van der Waals surface area contributed by atoms with Crippen molar-refractivity contribution in [2.45, 2.75) is 9.59 Å². The Morgan fingerprint density at radius 3 is 2.51 bits per heavy atom. The first-order valence-corrected chi connectivity index (χ1v) is 13.0. The number of hydrogen-bond acceptors (Lipinski definition) is 6. The molecule has 1 heterocycles. The molecule has 1 aromatic heterocycles. The van der Waals surface area contributed by atoms with Gasteiger partial charge in [-0.2, -0.15) is 0 Å². The number of phenolic OH excluding ortho intramolecular Hbond substituents is 1. The van der Waals surface area contributed by atoms with Gasteiger partial charge in [-0.25, -0.2) is 4.98 Å². The minimum Gasteiger partial charge on any atom is -0.507 e. The van der Waals surface area contributed by atoms with E-state index in [-0.39, 0.29) is 11.0 Å². The first kappa shape index (κ1) is 23.4. The number of benzene rings is 4. The maximum absolute atomic E-state index is 10.1. The van der Waals surface area contributed by atoms with E-state index in [0.29, 0.717) is 11.3 Å². The van der Waals surface area contributed by atoms with Crippen LogP contribution >= 0.6 is 34.7 Å². The molecule has 0 amide bonds. The Bertz CT molecular complexity index is 1480. The quantitative estimate of drug-likeness (QED) is 0.174. The van der Waals surface area contributed by atoms with Crippen LogP contribution in [0.25, 0.3) is 10.2 Å². The normalized spacial score (nSPS) is 12.3. The molecule has 0 aliphatic carbocycles. The summed E-state index contributed by atoms with van der Waals surface area (Å²) in [7, 11) is 1.59. The maximum Gasteiger partial charge on any atom is 0.152 e. The molecule has 4 aromatic carbocycles. The van der Waals surface area contributed by atoms with E-state index < -0.39 is 0 Å². The van der Waals surface area contributed by atoms with Gasteiger partial charge in [-0.3, -0.25) is 4.99 Å². The number of hydrogen-bond donors (Lipinski definition) is 1. The van der Waals surface area contributed by atoms with Crippen molar-refractivity contribution in [1.29, 1.82) is 0 Å². The van der Waals surface area contributed by atoms with Gasteiger partial charge in [0.15, 0.2) is 4.34 Å². The predicted molar refractivity (Wildman–Crippen MR) is 147 cm³/mol. The molecule has 0 bridgehead atoms. The van der Waals surface area contributed by atoms with E-state index in [1.807, 2.05) is 36.4 Å². The number of fused-ring (bicyclic) bond motifs is 1. The molecule has 1 atom stereocenters. The van der Waals surface area contributed by atoms with Crippen LogP contribution in [0, 0.1) is 0 Å². The van der Waals surface area contributed by atoms with E-state index in [1.54, 1.807) is 54.6 Å². The molecule has 5 rings (SSSR count). The molecule has 7 heteroatoms. The van der Waals surface area contributed by atoms with Crippen molar-refractivity contribution in [3.05, 3.63) is 113 Å². The van der Waals surface area contributed by atoms with Crippen LogP contribution in [-0.4, -0.2) is 23.4 Å². The Hall–Kier alpha value is -3.32. The van der Waals surface area contributed by atoms with Crippen molar-refractivity contribution in [2.24, 2.45) is 4.99 Å². The Labute approximate surface area is 216 Å². The fourth-order valence-electron chi connectivity index (χ4n) is 3.62. The summed E-state index contributed by atoms with van der Waals surface area (Å²) in [5, 5.41) is 10.9. The van der Waals surface area contributed by atoms with Gasteiger partial charge in [-0.05, 0) is 59.7 Å². The van der Waals surface area contributed by atoms with Crippen molar-refractivity contribution in [3.8, 4) is 11.5 Å². The molecule has 4 nitrogen and oxygen atoms in total. The van der Waals surface area contributed by atoms with Crippen molar-refractivity contribution in [2.75, 3.05) is 7.11 Å². The van der Waals surface area contributed by atoms with Crippen LogP contribution in [0.15, 0.2) is 100 Å². The van der Waals surface area contributed by atoms with Crippen molar-refractivity contribution < 1.29 is 9.84 Å². The van der Waals surface area contributed by atoms with Crippen LogP contribution in [0.5, 0.6) is 11.5 Å². The van der Waals surface area contributed by atoms with Crippen LogP contribution in [0.1, 0.15) is 21.9 Å². The van der Waals surface area contributed by atoms with Gasteiger partial charge < -0.3 is 9.84 Å². The molecule has 0 saturated heterocycles. The third-order valence-electron chi connectivity index (χ3n) is 5.43. The highest BCUT2D eigenvalue weighted by atomic mass is 35.5. The summed E-state index contributed by atoms with van der Waals surface area (Å²) < 4.78 is 7.27. The molecule has 0 radical (unpaired) electrons.